The van der Waals surface area contributed by atoms with Gasteiger partial charge < -0.3 is 9.84 Å². The van der Waals surface area contributed by atoms with E-state index in [2.05, 4.69) is 20.4 Å². The Balaban J connectivity index is 1.45. The van der Waals surface area contributed by atoms with Gasteiger partial charge in [-0.05, 0) is 25.8 Å². The molecular formula is C17H19N5O4S3. The lowest BCUT2D eigenvalue weighted by Crippen LogP contribution is -2.41. The van der Waals surface area contributed by atoms with Crippen LogP contribution < -0.4 is 5.32 Å². The van der Waals surface area contributed by atoms with Crippen LogP contribution in [0.15, 0.2) is 27.1 Å². The molecule has 1 saturated heterocycles. The number of nitrogens with zero attached hydrogens (tertiary/aromatic N) is 4. The summed E-state index contributed by atoms with van der Waals surface area (Å²) in [6.07, 6.45) is 2.57. The highest BCUT2D eigenvalue weighted by Crippen LogP contribution is 2.35. The lowest BCUT2D eigenvalue weighted by atomic mass is 9.97. The minimum absolute atomic E-state index is 0.113. The third kappa shape index (κ3) is 4.10. The maximum Gasteiger partial charge on any atom is 0.244 e. The van der Waals surface area contributed by atoms with Crippen LogP contribution in [-0.2, 0) is 14.8 Å². The Morgan fingerprint density at radius 2 is 2.07 bits per heavy atom. The van der Waals surface area contributed by atoms with Crippen molar-refractivity contribution in [1.82, 2.24) is 19.4 Å². The third-order valence-electron chi connectivity index (χ3n) is 4.73. The van der Waals surface area contributed by atoms with Crippen molar-refractivity contribution in [1.29, 1.82) is 0 Å². The second-order valence-electron chi connectivity index (χ2n) is 6.67. The second kappa shape index (κ2) is 7.94. The number of piperidine rings is 1. The predicted molar refractivity (Wildman–Crippen MR) is 109 cm³/mol. The molecule has 0 saturated carbocycles. The molecule has 1 fully saturated rings. The summed E-state index contributed by atoms with van der Waals surface area (Å²) in [6, 6.07) is 1.60. The summed E-state index contributed by atoms with van der Waals surface area (Å²) in [7, 11) is -3.66. The number of nitrogens with one attached hydrogen (secondary N) is 1. The molecule has 0 aromatic carbocycles. The van der Waals surface area contributed by atoms with Crippen LogP contribution in [0.5, 0.6) is 0 Å². The lowest BCUT2D eigenvalue weighted by Gasteiger charge is -2.30. The van der Waals surface area contributed by atoms with Crippen LogP contribution in [0.4, 0.5) is 5.13 Å². The number of hydrogen-bond donors (Lipinski definition) is 1. The van der Waals surface area contributed by atoms with Crippen molar-refractivity contribution >= 4 is 43.7 Å². The summed E-state index contributed by atoms with van der Waals surface area (Å²) in [6.45, 7) is 4.04. The fourth-order valence-electron chi connectivity index (χ4n) is 3.22. The number of aryl methyl sites for hydroxylation is 2. The Morgan fingerprint density at radius 1 is 1.31 bits per heavy atom. The first-order chi connectivity index (χ1) is 13.8. The van der Waals surface area contributed by atoms with E-state index in [0.29, 0.717) is 52.5 Å². The number of amides is 1. The molecule has 1 amide bonds. The summed E-state index contributed by atoms with van der Waals surface area (Å²) in [5, 5.41) is 9.00. The quantitative estimate of drug-likeness (QED) is 0.631. The SMILES string of the molecule is Cc1nc(-c2cc(S(=O)(=O)N3CCC(C(=O)Nc4nccs4)CC3)c(C)s2)no1. The summed E-state index contributed by atoms with van der Waals surface area (Å²) >= 11 is 2.67. The highest BCUT2D eigenvalue weighted by Gasteiger charge is 2.34. The van der Waals surface area contributed by atoms with Crippen molar-refractivity contribution in [3.05, 3.63) is 28.4 Å². The van der Waals surface area contributed by atoms with E-state index in [-0.39, 0.29) is 16.7 Å². The monoisotopic (exact) mass is 453 g/mol. The number of carbonyl (C=O) groups excluding carboxylic acids is 1. The summed E-state index contributed by atoms with van der Waals surface area (Å²) in [4.78, 5) is 22.2. The zero-order chi connectivity index (χ0) is 20.6. The molecule has 1 N–H and O–H groups in total. The number of thiazole rings is 1. The minimum Gasteiger partial charge on any atom is -0.339 e. The number of sulfonamides is 1. The Morgan fingerprint density at radius 3 is 2.69 bits per heavy atom. The largest absolute Gasteiger partial charge is 0.339 e. The molecule has 9 nitrogen and oxygen atoms in total. The van der Waals surface area contributed by atoms with Gasteiger partial charge in [0.1, 0.15) is 0 Å². The Kier molecular flexibility index (Phi) is 5.51. The normalized spacial score (nSPS) is 16.2. The van der Waals surface area contributed by atoms with Gasteiger partial charge in [0.25, 0.3) is 0 Å². The molecule has 4 rings (SSSR count). The number of aromatic nitrogens is 3. The minimum atomic E-state index is -3.66. The van der Waals surface area contributed by atoms with Gasteiger partial charge in [-0.25, -0.2) is 13.4 Å². The van der Waals surface area contributed by atoms with Crippen molar-refractivity contribution in [2.75, 3.05) is 18.4 Å². The van der Waals surface area contributed by atoms with Crippen molar-refractivity contribution in [2.24, 2.45) is 5.92 Å². The molecule has 29 heavy (non-hydrogen) atoms. The average molecular weight is 454 g/mol. The zero-order valence-electron chi connectivity index (χ0n) is 15.8. The van der Waals surface area contributed by atoms with E-state index in [1.165, 1.54) is 27.0 Å². The smallest absolute Gasteiger partial charge is 0.244 e. The fourth-order valence-corrected chi connectivity index (χ4v) is 6.71. The standard InChI is InChI=1S/C17H19N5O4S3/c1-10-14(9-13(28-10)15-19-11(2)26-21-15)29(24,25)22-6-3-12(4-7-22)16(23)20-17-18-5-8-27-17/h5,8-9,12H,3-4,6-7H2,1-2H3,(H,18,20,23). The number of hydrogen-bond acceptors (Lipinski definition) is 9. The lowest BCUT2D eigenvalue weighted by molar-refractivity contribution is -0.120. The first-order valence-corrected chi connectivity index (χ1v) is 12.1. The molecule has 1 aliphatic rings. The van der Waals surface area contributed by atoms with E-state index in [1.54, 1.807) is 31.5 Å². The van der Waals surface area contributed by atoms with Gasteiger partial charge in [-0.3, -0.25) is 4.79 Å². The van der Waals surface area contributed by atoms with Crippen LogP contribution in [0.3, 0.4) is 0 Å². The number of thiophene rings is 1. The van der Waals surface area contributed by atoms with E-state index >= 15 is 0 Å². The van der Waals surface area contributed by atoms with Crippen LogP contribution in [0.1, 0.15) is 23.6 Å². The van der Waals surface area contributed by atoms with Gasteiger partial charge in [0.05, 0.1) is 9.77 Å². The van der Waals surface area contributed by atoms with Gasteiger partial charge in [-0.15, -0.1) is 22.7 Å². The van der Waals surface area contributed by atoms with E-state index in [1.807, 2.05) is 0 Å². The molecule has 0 bridgehead atoms. The molecule has 0 atom stereocenters. The van der Waals surface area contributed by atoms with Crippen LogP contribution in [-0.4, -0.2) is 46.8 Å². The maximum absolute atomic E-state index is 13.2. The number of carbonyl (C=O) groups is 1. The number of anilines is 1. The molecule has 154 valence electrons. The number of rotatable bonds is 5. The first kappa shape index (κ1) is 20.1. The van der Waals surface area contributed by atoms with Gasteiger partial charge in [-0.1, -0.05) is 5.16 Å². The molecule has 12 heteroatoms. The molecule has 0 radical (unpaired) electrons. The summed E-state index contributed by atoms with van der Waals surface area (Å²) < 4.78 is 32.7. The van der Waals surface area contributed by atoms with Gasteiger partial charge in [-0.2, -0.15) is 9.29 Å². The average Bonchev–Trinajstić information content (AvgIpc) is 3.43. The van der Waals surface area contributed by atoms with E-state index in [4.69, 9.17) is 4.52 Å². The highest BCUT2D eigenvalue weighted by atomic mass is 32.2. The van der Waals surface area contributed by atoms with Gasteiger partial charge in [0, 0.05) is 42.4 Å². The maximum atomic E-state index is 13.2. The summed E-state index contributed by atoms with van der Waals surface area (Å²) in [5.74, 6) is 0.466. The van der Waals surface area contributed by atoms with Crippen LogP contribution in [0.2, 0.25) is 0 Å². The molecule has 4 heterocycles. The van der Waals surface area contributed by atoms with E-state index in [9.17, 15) is 13.2 Å². The topological polar surface area (TPSA) is 118 Å². The molecule has 3 aromatic heterocycles. The Bertz CT molecular complexity index is 1110. The van der Waals surface area contributed by atoms with Gasteiger partial charge >= 0.3 is 0 Å². The highest BCUT2D eigenvalue weighted by molar-refractivity contribution is 7.89. The third-order valence-corrected chi connectivity index (χ3v) is 8.61. The Labute approximate surface area is 175 Å². The van der Waals surface area contributed by atoms with Gasteiger partial charge in [0.2, 0.25) is 27.6 Å². The Hall–Kier alpha value is -2.15. The fraction of sp³-hybridized carbons (Fsp3) is 0.412. The molecule has 3 aromatic rings. The summed E-state index contributed by atoms with van der Waals surface area (Å²) in [5.41, 5.74) is 0. The molecular weight excluding hydrogens is 434 g/mol. The second-order valence-corrected chi connectivity index (χ2v) is 10.7. The van der Waals surface area contributed by atoms with Crippen LogP contribution >= 0.6 is 22.7 Å². The molecule has 0 unspecified atom stereocenters. The zero-order valence-corrected chi connectivity index (χ0v) is 18.2. The van der Waals surface area contributed by atoms with Crippen molar-refractivity contribution < 1.29 is 17.7 Å². The van der Waals surface area contributed by atoms with E-state index in [0.717, 1.165) is 0 Å². The van der Waals surface area contributed by atoms with Crippen molar-refractivity contribution in [2.45, 2.75) is 31.6 Å². The van der Waals surface area contributed by atoms with Crippen molar-refractivity contribution in [3.8, 4) is 10.7 Å². The first-order valence-electron chi connectivity index (χ1n) is 8.96. The molecule has 0 aliphatic carbocycles. The van der Waals surface area contributed by atoms with Crippen LogP contribution in [0, 0.1) is 19.8 Å². The van der Waals surface area contributed by atoms with E-state index < -0.39 is 10.0 Å². The van der Waals surface area contributed by atoms with Crippen molar-refractivity contribution in [3.63, 3.8) is 0 Å². The van der Waals surface area contributed by atoms with Crippen LogP contribution in [0.25, 0.3) is 10.7 Å². The predicted octanol–water partition coefficient (Wildman–Crippen LogP) is 2.91. The molecule has 0 spiro atoms. The van der Waals surface area contributed by atoms with Gasteiger partial charge in [0.15, 0.2) is 5.13 Å². The molecule has 1 aliphatic heterocycles.